The van der Waals surface area contributed by atoms with Gasteiger partial charge in [0.25, 0.3) is 5.89 Å². The number of carbonyl (C=O) groups is 1. The van der Waals surface area contributed by atoms with Gasteiger partial charge in [0, 0.05) is 28.2 Å². The van der Waals surface area contributed by atoms with Crippen LogP contribution in [-0.4, -0.2) is 20.7 Å². The van der Waals surface area contributed by atoms with Gasteiger partial charge in [-0.3, -0.25) is 4.79 Å². The summed E-state index contributed by atoms with van der Waals surface area (Å²) in [6.45, 7) is 0.142. The maximum Gasteiger partial charge on any atom is 0.283 e. The molecule has 0 saturated carbocycles. The van der Waals surface area contributed by atoms with E-state index in [0.29, 0.717) is 17.5 Å². The van der Waals surface area contributed by atoms with E-state index in [-0.39, 0.29) is 12.5 Å². The first-order valence-electron chi connectivity index (χ1n) is 10.5. The molecule has 0 fully saturated rings. The predicted molar refractivity (Wildman–Crippen MR) is 126 cm³/mol. The number of hydrogen-bond donors (Lipinski definition) is 1. The Labute approximate surface area is 188 Å². The highest BCUT2D eigenvalue weighted by molar-refractivity contribution is 6.03. The summed E-state index contributed by atoms with van der Waals surface area (Å²) in [5, 5.41) is 14.3. The van der Waals surface area contributed by atoms with Gasteiger partial charge in [-0.25, -0.2) is 0 Å². The average Bonchev–Trinajstić information content (AvgIpc) is 3.60. The molecule has 0 saturated heterocycles. The van der Waals surface area contributed by atoms with Gasteiger partial charge in [-0.2, -0.15) is 0 Å². The van der Waals surface area contributed by atoms with E-state index in [0.717, 1.165) is 32.9 Å². The van der Waals surface area contributed by atoms with Gasteiger partial charge in [-0.05, 0) is 29.7 Å². The van der Waals surface area contributed by atoms with E-state index in [4.69, 9.17) is 8.83 Å². The number of hydrogen-bond acceptors (Lipinski definition) is 5. The fourth-order valence-electron chi connectivity index (χ4n) is 4.06. The van der Waals surface area contributed by atoms with Crippen LogP contribution >= 0.6 is 0 Å². The second-order valence-electron chi connectivity index (χ2n) is 7.65. The van der Waals surface area contributed by atoms with E-state index >= 15 is 0 Å². The minimum atomic E-state index is -0.125. The second-order valence-corrected chi connectivity index (χ2v) is 7.65. The molecule has 1 amide bonds. The summed E-state index contributed by atoms with van der Waals surface area (Å²) in [7, 11) is 0. The first-order chi connectivity index (χ1) is 16.3. The van der Waals surface area contributed by atoms with Gasteiger partial charge in [0.05, 0.1) is 11.8 Å². The molecule has 33 heavy (non-hydrogen) atoms. The molecule has 3 heterocycles. The lowest BCUT2D eigenvalue weighted by atomic mass is 10.1. The lowest BCUT2D eigenvalue weighted by Crippen LogP contribution is -2.18. The predicted octanol–water partition coefficient (Wildman–Crippen LogP) is 5.74. The minimum Gasteiger partial charge on any atom is -0.459 e. The molecule has 0 atom stereocenters. The van der Waals surface area contributed by atoms with Crippen LogP contribution in [0.2, 0.25) is 0 Å². The fourth-order valence-corrected chi connectivity index (χ4v) is 4.06. The number of rotatable bonds is 5. The van der Waals surface area contributed by atoms with Crippen LogP contribution in [0.5, 0.6) is 0 Å². The van der Waals surface area contributed by atoms with Crippen molar-refractivity contribution in [2.45, 2.75) is 6.54 Å². The number of carbonyl (C=O) groups excluding carboxylic acids is 1. The van der Waals surface area contributed by atoms with Crippen molar-refractivity contribution in [2.24, 2.45) is 0 Å². The molecule has 0 bridgehead atoms. The number of nitrogens with zero attached hydrogens (tertiary/aromatic N) is 3. The number of amides is 1. The van der Waals surface area contributed by atoms with Gasteiger partial charge in [-0.1, -0.05) is 54.6 Å². The molecule has 3 aromatic carbocycles. The average molecular weight is 434 g/mol. The summed E-state index contributed by atoms with van der Waals surface area (Å²) in [6.07, 6.45) is 3.42. The van der Waals surface area contributed by atoms with Gasteiger partial charge < -0.3 is 18.7 Å². The van der Waals surface area contributed by atoms with Crippen LogP contribution in [-0.2, 0) is 11.3 Å². The Morgan fingerprint density at radius 1 is 0.848 bits per heavy atom. The molecule has 7 heteroatoms. The summed E-state index contributed by atoms with van der Waals surface area (Å²) in [4.78, 5) is 13.0. The zero-order valence-electron chi connectivity index (χ0n) is 17.4. The molecule has 6 rings (SSSR count). The molecule has 0 spiro atoms. The number of aromatic nitrogens is 3. The number of fused-ring (bicyclic) bond motifs is 2. The van der Waals surface area contributed by atoms with Crippen molar-refractivity contribution in [3.8, 4) is 23.1 Å². The van der Waals surface area contributed by atoms with Gasteiger partial charge >= 0.3 is 0 Å². The molecule has 0 aliphatic rings. The second kappa shape index (κ2) is 7.80. The Kier molecular flexibility index (Phi) is 4.51. The zero-order chi connectivity index (χ0) is 22.2. The molecule has 0 aliphatic heterocycles. The van der Waals surface area contributed by atoms with E-state index in [9.17, 15) is 4.79 Å². The third kappa shape index (κ3) is 3.45. The Morgan fingerprint density at radius 2 is 1.64 bits per heavy atom. The molecule has 0 aliphatic carbocycles. The summed E-state index contributed by atoms with van der Waals surface area (Å²) in [5.41, 5.74) is 2.45. The Balaban J connectivity index is 1.32. The van der Waals surface area contributed by atoms with Crippen molar-refractivity contribution in [3.63, 3.8) is 0 Å². The highest BCUT2D eigenvalue weighted by Gasteiger charge is 2.18. The van der Waals surface area contributed by atoms with Gasteiger partial charge in [-0.15, -0.1) is 10.2 Å². The molecular formula is C26H18N4O3. The molecule has 1 N–H and O–H groups in total. The van der Waals surface area contributed by atoms with Crippen molar-refractivity contribution in [2.75, 3.05) is 5.32 Å². The van der Waals surface area contributed by atoms with Crippen LogP contribution in [0.3, 0.4) is 0 Å². The molecule has 6 aromatic rings. The van der Waals surface area contributed by atoms with E-state index in [2.05, 4.69) is 15.5 Å². The van der Waals surface area contributed by atoms with Gasteiger partial charge in [0.15, 0.2) is 5.76 Å². The van der Waals surface area contributed by atoms with Gasteiger partial charge in [0.1, 0.15) is 6.54 Å². The van der Waals surface area contributed by atoms with Crippen molar-refractivity contribution in [3.05, 3.63) is 91.3 Å². The van der Waals surface area contributed by atoms with Crippen LogP contribution in [0.15, 0.2) is 100 Å². The molecule has 3 aromatic heterocycles. The fraction of sp³-hybridized carbons (Fsp3) is 0.0385. The third-order valence-electron chi connectivity index (χ3n) is 5.55. The normalized spacial score (nSPS) is 11.3. The molecule has 160 valence electrons. The van der Waals surface area contributed by atoms with Crippen LogP contribution in [0, 0.1) is 0 Å². The summed E-state index contributed by atoms with van der Waals surface area (Å²) in [6, 6.07) is 25.2. The van der Waals surface area contributed by atoms with E-state index < -0.39 is 0 Å². The highest BCUT2D eigenvalue weighted by atomic mass is 16.4. The number of furan rings is 1. The molecule has 0 unspecified atom stereocenters. The molecule has 0 radical (unpaired) electrons. The lowest BCUT2D eigenvalue weighted by Gasteiger charge is -2.10. The smallest absolute Gasteiger partial charge is 0.283 e. The maximum atomic E-state index is 13.0. The summed E-state index contributed by atoms with van der Waals surface area (Å²) < 4.78 is 13.1. The Hall–Kier alpha value is -4.65. The number of para-hydroxylation sites is 1. The Morgan fingerprint density at radius 3 is 2.52 bits per heavy atom. The topological polar surface area (TPSA) is 86.1 Å². The van der Waals surface area contributed by atoms with E-state index in [1.165, 1.54) is 0 Å². The SMILES string of the molecule is O=C(Cn1cc(-c2nnc(-c3ccco3)o2)c2ccccc21)Nc1cccc2ccccc12. The monoisotopic (exact) mass is 434 g/mol. The minimum absolute atomic E-state index is 0.125. The van der Waals surface area contributed by atoms with Crippen LogP contribution < -0.4 is 5.32 Å². The van der Waals surface area contributed by atoms with Crippen molar-refractivity contribution < 1.29 is 13.6 Å². The quantitative estimate of drug-likeness (QED) is 0.374. The van der Waals surface area contributed by atoms with Gasteiger partial charge in [0.2, 0.25) is 11.8 Å². The number of nitrogens with one attached hydrogen (secondary N) is 1. The first kappa shape index (κ1) is 19.1. The number of anilines is 1. The first-order valence-corrected chi connectivity index (χ1v) is 10.5. The Bertz CT molecular complexity index is 1590. The van der Waals surface area contributed by atoms with Crippen molar-refractivity contribution in [1.29, 1.82) is 0 Å². The van der Waals surface area contributed by atoms with Crippen molar-refractivity contribution in [1.82, 2.24) is 14.8 Å². The summed E-state index contributed by atoms with van der Waals surface area (Å²) >= 11 is 0. The lowest BCUT2D eigenvalue weighted by molar-refractivity contribution is -0.116. The highest BCUT2D eigenvalue weighted by Crippen LogP contribution is 2.32. The standard InChI is InChI=1S/C26H18N4O3/c31-24(27-21-11-5-8-17-7-1-2-9-18(17)21)16-30-15-20(19-10-3-4-12-22(19)30)25-28-29-26(33-25)23-13-6-14-32-23/h1-15H,16H2,(H,27,31). The van der Waals surface area contributed by atoms with Crippen LogP contribution in [0.4, 0.5) is 5.69 Å². The molecular weight excluding hydrogens is 416 g/mol. The van der Waals surface area contributed by atoms with E-state index in [1.807, 2.05) is 77.5 Å². The molecule has 7 nitrogen and oxygen atoms in total. The van der Waals surface area contributed by atoms with Crippen LogP contribution in [0.25, 0.3) is 44.8 Å². The summed E-state index contributed by atoms with van der Waals surface area (Å²) in [5.74, 6) is 1.05. The maximum absolute atomic E-state index is 13.0. The zero-order valence-corrected chi connectivity index (χ0v) is 17.4. The third-order valence-corrected chi connectivity index (χ3v) is 5.55. The largest absolute Gasteiger partial charge is 0.459 e. The van der Waals surface area contributed by atoms with E-state index in [1.54, 1.807) is 18.4 Å². The van der Waals surface area contributed by atoms with Crippen LogP contribution in [0.1, 0.15) is 0 Å². The number of benzene rings is 3. The van der Waals surface area contributed by atoms with Crippen molar-refractivity contribution >= 4 is 33.3 Å².